The first kappa shape index (κ1) is 12.8. The van der Waals surface area contributed by atoms with Crippen LogP contribution < -0.4 is 51.4 Å². The molecule has 12 heavy (non-hydrogen) atoms. The van der Waals surface area contributed by atoms with E-state index in [1.807, 2.05) is 0 Å². The predicted molar refractivity (Wildman–Crippen MR) is 49.3 cm³/mol. The van der Waals surface area contributed by atoms with Gasteiger partial charge in [0.05, 0.1) is 21.1 Å². The van der Waals surface area contributed by atoms with Crippen LogP contribution >= 0.6 is 0 Å². The number of rotatable bonds is 2. The van der Waals surface area contributed by atoms with Crippen molar-refractivity contribution in [2.75, 3.05) is 21.1 Å². The van der Waals surface area contributed by atoms with E-state index in [4.69, 9.17) is 0 Å². The fourth-order valence-corrected chi connectivity index (χ4v) is 1.13. The Kier molecular flexibility index (Phi) is 5.90. The van der Waals surface area contributed by atoms with Gasteiger partial charge in [-0.15, -0.1) is 0 Å². The van der Waals surface area contributed by atoms with Gasteiger partial charge in [0, 0.05) is 5.56 Å². The van der Waals surface area contributed by atoms with E-state index in [-0.39, 0.29) is 52.8 Å². The summed E-state index contributed by atoms with van der Waals surface area (Å²) in [6.45, 7) is 1.10. The van der Waals surface area contributed by atoms with Crippen LogP contribution in [-0.2, 0) is 6.54 Å². The molecule has 1 aromatic carbocycles. The third-order valence-electron chi connectivity index (χ3n) is 1.50. The Hall–Kier alpha value is 0.816. The number of hydrogen-bond acceptors (Lipinski definition) is 0. The zero-order valence-corrected chi connectivity index (χ0v) is 11.7. The minimum absolute atomic E-state index is 0. The van der Waals surface area contributed by atoms with Gasteiger partial charge in [-0.1, -0.05) is 30.3 Å². The van der Waals surface area contributed by atoms with Gasteiger partial charge in [-0.05, 0) is 0 Å². The maximum atomic E-state index is 2.20. The van der Waals surface area contributed by atoms with Crippen LogP contribution in [0.1, 0.15) is 6.99 Å². The summed E-state index contributed by atoms with van der Waals surface area (Å²) >= 11 is 0. The summed E-state index contributed by atoms with van der Waals surface area (Å²) < 4.78 is 0.990. The Labute approximate surface area is 119 Å². The van der Waals surface area contributed by atoms with Crippen molar-refractivity contribution >= 4 is 0 Å². The number of quaternary nitrogens is 1. The normalized spacial score (nSPS) is 10.6. The van der Waals surface area contributed by atoms with Crippen molar-refractivity contribution in [3.05, 3.63) is 35.9 Å². The molecule has 1 nitrogen and oxygen atoms in total. The Bertz CT molecular complexity index is 218. The molecule has 0 aliphatic rings. The molecule has 0 N–H and O–H groups in total. The molecule has 0 saturated heterocycles. The van der Waals surface area contributed by atoms with E-state index in [1.54, 1.807) is 0 Å². The number of hydrogen-bond donors (Lipinski definition) is 0. The average molecular weight is 190 g/mol. The molecule has 0 spiro atoms. The van der Waals surface area contributed by atoms with Crippen molar-refractivity contribution in [2.24, 2.45) is 0 Å². The SMILES string of the molecule is C[N+](C)(C)Cc1ccccc1.[H-].[K+]. The van der Waals surface area contributed by atoms with Crippen LogP contribution in [0.2, 0.25) is 0 Å². The molecule has 0 saturated carbocycles. The first-order valence-electron chi connectivity index (χ1n) is 3.92. The molecule has 0 radical (unpaired) electrons. The average Bonchev–Trinajstić information content (AvgIpc) is 1.85. The van der Waals surface area contributed by atoms with Gasteiger partial charge < -0.3 is 5.91 Å². The third kappa shape index (κ3) is 5.46. The van der Waals surface area contributed by atoms with Crippen LogP contribution in [0.5, 0.6) is 0 Å². The maximum absolute atomic E-state index is 2.20. The van der Waals surface area contributed by atoms with E-state index in [9.17, 15) is 0 Å². The molecule has 0 heterocycles. The van der Waals surface area contributed by atoms with Crippen LogP contribution in [0.15, 0.2) is 30.3 Å². The molecule has 2 heteroatoms. The fraction of sp³-hybridized carbons (Fsp3) is 0.400. The van der Waals surface area contributed by atoms with E-state index >= 15 is 0 Å². The summed E-state index contributed by atoms with van der Waals surface area (Å²) in [5, 5.41) is 0. The summed E-state index contributed by atoms with van der Waals surface area (Å²) in [6.07, 6.45) is 0. The predicted octanol–water partition coefficient (Wildman–Crippen LogP) is -0.991. The van der Waals surface area contributed by atoms with Crippen LogP contribution in [0.25, 0.3) is 0 Å². The van der Waals surface area contributed by atoms with Gasteiger partial charge in [0.15, 0.2) is 0 Å². The molecular weight excluding hydrogens is 173 g/mol. The second kappa shape index (κ2) is 5.53. The standard InChI is InChI=1S/C10H16N.K.H/c1-11(2,3)9-10-7-5-4-6-8-10;;/h4-8H,9H2,1-3H3;;/q2*+1;-1. The Morgan fingerprint density at radius 1 is 1.08 bits per heavy atom. The Morgan fingerprint density at radius 3 is 2.00 bits per heavy atom. The molecule has 1 aromatic rings. The van der Waals surface area contributed by atoms with Gasteiger partial charge >= 0.3 is 51.4 Å². The second-order valence-electron chi connectivity index (χ2n) is 3.93. The van der Waals surface area contributed by atoms with Crippen molar-refractivity contribution in [3.63, 3.8) is 0 Å². The molecule has 0 atom stereocenters. The van der Waals surface area contributed by atoms with E-state index in [0.29, 0.717) is 0 Å². The molecule has 62 valence electrons. The third-order valence-corrected chi connectivity index (χ3v) is 1.50. The molecule has 0 unspecified atom stereocenters. The van der Waals surface area contributed by atoms with Crippen molar-refractivity contribution in [2.45, 2.75) is 6.54 Å². The molecular formula is C10H17KN+. The molecule has 0 aliphatic heterocycles. The molecule has 1 rings (SSSR count). The zero-order valence-electron chi connectivity index (χ0n) is 9.54. The van der Waals surface area contributed by atoms with Gasteiger partial charge in [-0.2, -0.15) is 0 Å². The zero-order chi connectivity index (χ0) is 8.32. The monoisotopic (exact) mass is 190 g/mol. The van der Waals surface area contributed by atoms with Crippen molar-refractivity contribution in [3.8, 4) is 0 Å². The van der Waals surface area contributed by atoms with Gasteiger partial charge in [0.1, 0.15) is 6.54 Å². The largest absolute Gasteiger partial charge is 1.00 e. The topological polar surface area (TPSA) is 0 Å². The smallest absolute Gasteiger partial charge is 1.00 e. The van der Waals surface area contributed by atoms with E-state index in [1.165, 1.54) is 5.56 Å². The van der Waals surface area contributed by atoms with Crippen LogP contribution in [0.3, 0.4) is 0 Å². The second-order valence-corrected chi connectivity index (χ2v) is 3.93. The molecule has 0 aliphatic carbocycles. The summed E-state index contributed by atoms with van der Waals surface area (Å²) in [5.74, 6) is 0. The Balaban J connectivity index is 0. The van der Waals surface area contributed by atoms with Crippen molar-refractivity contribution in [1.82, 2.24) is 0 Å². The maximum Gasteiger partial charge on any atom is 1.00 e. The van der Waals surface area contributed by atoms with E-state index in [0.717, 1.165) is 11.0 Å². The minimum Gasteiger partial charge on any atom is -1.00 e. The van der Waals surface area contributed by atoms with Crippen LogP contribution in [-0.4, -0.2) is 25.6 Å². The molecule has 0 bridgehead atoms. The summed E-state index contributed by atoms with van der Waals surface area (Å²) in [4.78, 5) is 0. The molecule has 0 aromatic heterocycles. The van der Waals surface area contributed by atoms with Gasteiger partial charge in [0.2, 0.25) is 0 Å². The van der Waals surface area contributed by atoms with E-state index < -0.39 is 0 Å². The van der Waals surface area contributed by atoms with E-state index in [2.05, 4.69) is 51.5 Å². The summed E-state index contributed by atoms with van der Waals surface area (Å²) in [7, 11) is 6.60. The van der Waals surface area contributed by atoms with Gasteiger partial charge in [0.25, 0.3) is 0 Å². The van der Waals surface area contributed by atoms with Crippen LogP contribution in [0, 0.1) is 0 Å². The summed E-state index contributed by atoms with van der Waals surface area (Å²) in [6, 6.07) is 10.6. The molecule has 0 fully saturated rings. The van der Waals surface area contributed by atoms with Gasteiger partial charge in [-0.25, -0.2) is 0 Å². The Morgan fingerprint density at radius 2 is 1.58 bits per heavy atom. The quantitative estimate of drug-likeness (QED) is 0.415. The molecule has 0 amide bonds. The first-order valence-corrected chi connectivity index (χ1v) is 3.92. The summed E-state index contributed by atoms with van der Waals surface area (Å²) in [5.41, 5.74) is 1.40. The number of nitrogens with zero attached hydrogens (tertiary/aromatic N) is 1. The van der Waals surface area contributed by atoms with Crippen LogP contribution in [0.4, 0.5) is 0 Å². The minimum atomic E-state index is 0. The van der Waals surface area contributed by atoms with Crippen molar-refractivity contribution < 1.29 is 57.3 Å². The van der Waals surface area contributed by atoms with Gasteiger partial charge in [-0.3, -0.25) is 0 Å². The van der Waals surface area contributed by atoms with Crippen molar-refractivity contribution in [1.29, 1.82) is 0 Å². The number of benzene rings is 1. The fourth-order valence-electron chi connectivity index (χ4n) is 1.13. The first-order chi connectivity index (χ1) is 5.08.